The predicted molar refractivity (Wildman–Crippen MR) is 288 cm³/mol. The molecule has 0 N–H and O–H groups in total. The van der Waals surface area contributed by atoms with Gasteiger partial charge in [0.2, 0.25) is 23.5 Å². The summed E-state index contributed by atoms with van der Waals surface area (Å²) in [6, 6.07) is 13.5. The summed E-state index contributed by atoms with van der Waals surface area (Å²) in [5.74, 6) is 1.93. The van der Waals surface area contributed by atoms with Gasteiger partial charge in [0.05, 0.1) is 53.2 Å². The van der Waals surface area contributed by atoms with Crippen molar-refractivity contribution >= 4 is 19.7 Å². The van der Waals surface area contributed by atoms with Crippen molar-refractivity contribution in [3.8, 4) is 69.4 Å². The standard InChI is InChI=1S/2C25H29N7O6S.CH4/c2*1-15-12-27-23(28-13-15)22(37-5)16(2)39(33,34)14-19-30-31-24(17-8-7-9-20(29-17)36-4)32(19)21-18(35-3)10-11-26-25(21)38-6;/h2*7-13,16,22H,14H2,1-6H3;1H4/t2*16-,22-;/m00./s1. The maximum Gasteiger partial charge on any atom is 0.242 e. The number of aromatic nitrogens is 14. The van der Waals surface area contributed by atoms with Crippen molar-refractivity contribution in [1.82, 2.24) is 69.4 Å². The summed E-state index contributed by atoms with van der Waals surface area (Å²) in [7, 11) is 3.86. The molecule has 79 heavy (non-hydrogen) atoms. The fourth-order valence-corrected chi connectivity index (χ4v) is 10.8. The van der Waals surface area contributed by atoms with Crippen molar-refractivity contribution in [2.45, 2.75) is 69.3 Å². The van der Waals surface area contributed by atoms with Gasteiger partial charge < -0.3 is 37.9 Å². The van der Waals surface area contributed by atoms with Gasteiger partial charge in [-0.25, -0.2) is 56.7 Å². The van der Waals surface area contributed by atoms with E-state index in [1.54, 1.807) is 87.2 Å². The highest BCUT2D eigenvalue weighted by Crippen LogP contribution is 2.38. The molecule has 8 heterocycles. The molecule has 0 saturated heterocycles. The van der Waals surface area contributed by atoms with Gasteiger partial charge in [0.25, 0.3) is 0 Å². The van der Waals surface area contributed by atoms with Crippen LogP contribution < -0.4 is 28.4 Å². The van der Waals surface area contributed by atoms with Crippen LogP contribution >= 0.6 is 0 Å². The number of rotatable bonds is 22. The number of pyridine rings is 4. The van der Waals surface area contributed by atoms with Crippen molar-refractivity contribution in [2.75, 3.05) is 56.9 Å². The predicted octanol–water partition coefficient (Wildman–Crippen LogP) is 5.72. The molecule has 28 heteroatoms. The quantitative estimate of drug-likeness (QED) is 0.0784. The molecule has 0 aromatic carbocycles. The van der Waals surface area contributed by atoms with E-state index in [1.165, 1.54) is 78.4 Å². The summed E-state index contributed by atoms with van der Waals surface area (Å²) in [5, 5.41) is 15.1. The minimum Gasteiger partial charge on any atom is -0.494 e. The van der Waals surface area contributed by atoms with E-state index >= 15 is 0 Å². The molecule has 26 nitrogen and oxygen atoms in total. The third kappa shape index (κ3) is 13.2. The summed E-state index contributed by atoms with van der Waals surface area (Å²) in [4.78, 5) is 34.5. The Hall–Kier alpha value is -8.34. The van der Waals surface area contributed by atoms with Crippen LogP contribution in [-0.4, -0.2) is 154 Å². The van der Waals surface area contributed by atoms with E-state index in [-0.39, 0.29) is 54.1 Å². The number of ether oxygens (including phenoxy) is 8. The molecule has 0 aliphatic rings. The van der Waals surface area contributed by atoms with E-state index in [4.69, 9.17) is 37.9 Å². The summed E-state index contributed by atoms with van der Waals surface area (Å²) in [5.41, 5.74) is 3.08. The molecular formula is C51H62N14O12S2. The van der Waals surface area contributed by atoms with Crippen molar-refractivity contribution < 1.29 is 54.7 Å². The van der Waals surface area contributed by atoms with E-state index in [9.17, 15) is 16.8 Å². The monoisotopic (exact) mass is 1130 g/mol. The van der Waals surface area contributed by atoms with Crippen LogP contribution in [0.15, 0.2) is 85.7 Å². The number of hydrogen-bond acceptors (Lipinski definition) is 24. The number of methoxy groups -OCH3 is 8. The SMILES string of the molecule is C.COc1cccc(-c2nnc(CS(=O)(=O)[C@@H](C)[C@H](OC)c3ncc(C)cn3)n2-c2c(OC)ccnc2OC)n1.COc1cccc(-c2nnc(CS(=O)(=O)[C@@H](C)[C@H](OC)c3ncc(C)cn3)n2-c2c(OC)ccnc2OC)n1. The lowest BCUT2D eigenvalue weighted by atomic mass is 10.2. The van der Waals surface area contributed by atoms with Crippen LogP contribution in [0.5, 0.6) is 35.0 Å². The average Bonchev–Trinajstić information content (AvgIpc) is 4.10. The van der Waals surface area contributed by atoms with Gasteiger partial charge in [-0.1, -0.05) is 19.6 Å². The summed E-state index contributed by atoms with van der Waals surface area (Å²) in [6.07, 6.45) is 7.65. The first kappa shape index (κ1) is 59.9. The smallest absolute Gasteiger partial charge is 0.242 e. The molecule has 8 rings (SSSR count). The van der Waals surface area contributed by atoms with Crippen molar-refractivity contribution in [1.29, 1.82) is 0 Å². The van der Waals surface area contributed by atoms with E-state index in [0.717, 1.165) is 11.1 Å². The minimum atomic E-state index is -3.91. The molecule has 8 aromatic heterocycles. The number of hydrogen-bond donors (Lipinski definition) is 0. The highest BCUT2D eigenvalue weighted by atomic mass is 32.2. The Kier molecular flexibility index (Phi) is 20.0. The summed E-state index contributed by atoms with van der Waals surface area (Å²) >= 11 is 0. The molecule has 4 atom stereocenters. The third-order valence-corrected chi connectivity index (χ3v) is 16.1. The lowest BCUT2D eigenvalue weighted by Crippen LogP contribution is -2.30. The van der Waals surface area contributed by atoms with Crippen molar-refractivity contribution in [3.63, 3.8) is 0 Å². The fourth-order valence-electron chi connectivity index (χ4n) is 7.92. The molecule has 420 valence electrons. The largest absolute Gasteiger partial charge is 0.494 e. The maximum atomic E-state index is 13.7. The van der Waals surface area contributed by atoms with Crippen LogP contribution in [0.3, 0.4) is 0 Å². The summed E-state index contributed by atoms with van der Waals surface area (Å²) in [6.45, 7) is 6.77. The Morgan fingerprint density at radius 3 is 1.16 bits per heavy atom. The van der Waals surface area contributed by atoms with Gasteiger partial charge in [-0.2, -0.15) is 0 Å². The number of sulfone groups is 2. The van der Waals surface area contributed by atoms with E-state index in [0.29, 0.717) is 46.0 Å². The molecule has 0 radical (unpaired) electrons. The van der Waals surface area contributed by atoms with Gasteiger partial charge >= 0.3 is 0 Å². The lowest BCUT2D eigenvalue weighted by Gasteiger charge is -2.22. The Bertz CT molecular complexity index is 3270. The molecule has 0 unspecified atom stereocenters. The van der Waals surface area contributed by atoms with Crippen LogP contribution in [-0.2, 0) is 40.7 Å². The van der Waals surface area contributed by atoms with Gasteiger partial charge in [-0.15, -0.1) is 20.4 Å². The number of aryl methyl sites for hydroxylation is 2. The topological polar surface area (TPSA) is 307 Å². The minimum absolute atomic E-state index is 0. The molecule has 8 aromatic rings. The fraction of sp³-hybridized carbons (Fsp3) is 0.373. The Labute approximate surface area is 457 Å². The second-order valence-corrected chi connectivity index (χ2v) is 21.7. The van der Waals surface area contributed by atoms with Gasteiger partial charge in [0.1, 0.15) is 46.6 Å². The van der Waals surface area contributed by atoms with Gasteiger partial charge in [0.15, 0.2) is 66.0 Å². The third-order valence-electron chi connectivity index (χ3n) is 12.0. The Balaban J connectivity index is 0.000000252. The van der Waals surface area contributed by atoms with Gasteiger partial charge in [-0.05, 0) is 51.0 Å². The molecular weight excluding hydrogens is 1060 g/mol. The second kappa shape index (κ2) is 26.3. The second-order valence-electron chi connectivity index (χ2n) is 17.0. The van der Waals surface area contributed by atoms with Gasteiger partial charge in [0, 0.05) is 75.7 Å². The zero-order chi connectivity index (χ0) is 56.3. The highest BCUT2D eigenvalue weighted by molar-refractivity contribution is 7.91. The zero-order valence-corrected chi connectivity index (χ0v) is 46.4. The van der Waals surface area contributed by atoms with Crippen LogP contribution in [0, 0.1) is 13.8 Å². The normalized spacial score (nSPS) is 12.9. The summed E-state index contributed by atoms with van der Waals surface area (Å²) < 4.78 is 102. The van der Waals surface area contributed by atoms with E-state index in [2.05, 4.69) is 60.3 Å². The van der Waals surface area contributed by atoms with Gasteiger partial charge in [-0.3, -0.25) is 9.13 Å². The lowest BCUT2D eigenvalue weighted by molar-refractivity contribution is 0.0947. The molecule has 0 bridgehead atoms. The molecule has 0 saturated carbocycles. The number of nitrogens with zero attached hydrogens (tertiary/aromatic N) is 14. The van der Waals surface area contributed by atoms with Crippen LogP contribution in [0.2, 0.25) is 0 Å². The average molecular weight is 1130 g/mol. The Morgan fingerprint density at radius 1 is 0.481 bits per heavy atom. The molecule has 0 spiro atoms. The first-order valence-corrected chi connectivity index (χ1v) is 27.0. The van der Waals surface area contributed by atoms with E-state index < -0.39 is 53.9 Å². The molecule has 0 aliphatic heterocycles. The van der Waals surface area contributed by atoms with Crippen LogP contribution in [0.1, 0.15) is 67.9 Å². The molecule has 0 fully saturated rings. The van der Waals surface area contributed by atoms with Crippen molar-refractivity contribution in [2.24, 2.45) is 0 Å². The van der Waals surface area contributed by atoms with Crippen LogP contribution in [0.25, 0.3) is 34.4 Å². The van der Waals surface area contributed by atoms with E-state index in [1.807, 2.05) is 13.8 Å². The Morgan fingerprint density at radius 2 is 0.848 bits per heavy atom. The zero-order valence-electron chi connectivity index (χ0n) is 44.8. The van der Waals surface area contributed by atoms with Crippen LogP contribution in [0.4, 0.5) is 0 Å². The van der Waals surface area contributed by atoms with Crippen molar-refractivity contribution in [3.05, 3.63) is 120 Å². The first-order chi connectivity index (χ1) is 37.5. The molecule has 0 aliphatic carbocycles. The first-order valence-electron chi connectivity index (χ1n) is 23.6. The maximum absolute atomic E-state index is 13.7. The molecule has 0 amide bonds. The highest BCUT2D eigenvalue weighted by Gasteiger charge is 2.37.